The lowest BCUT2D eigenvalue weighted by Crippen LogP contribution is -2.23. The van der Waals surface area contributed by atoms with Crippen LogP contribution in [0.2, 0.25) is 0 Å². The van der Waals surface area contributed by atoms with Crippen LogP contribution in [0.3, 0.4) is 0 Å². The Labute approximate surface area is 132 Å². The molecule has 0 aliphatic carbocycles. The third kappa shape index (κ3) is 2.45. The first-order valence-electron chi connectivity index (χ1n) is 7.96. The normalized spacial score (nSPS) is 10.9. The van der Waals surface area contributed by atoms with Crippen LogP contribution in [0.15, 0.2) is 54.6 Å². The summed E-state index contributed by atoms with van der Waals surface area (Å²) in [6.45, 7) is 8.50. The maximum Gasteiger partial charge on any atom is 0.0785 e. The molecule has 0 saturated heterocycles. The van der Waals surface area contributed by atoms with E-state index in [4.69, 9.17) is 4.98 Å². The van der Waals surface area contributed by atoms with Crippen LogP contribution in [0.1, 0.15) is 19.5 Å². The summed E-state index contributed by atoms with van der Waals surface area (Å²) in [5, 5.41) is 2.51. The molecule has 1 heterocycles. The molecule has 2 aromatic carbocycles. The third-order valence-corrected chi connectivity index (χ3v) is 4.19. The van der Waals surface area contributed by atoms with E-state index in [0.717, 1.165) is 24.5 Å². The molecular formula is C20H22N2. The molecule has 0 aliphatic heterocycles. The summed E-state index contributed by atoms with van der Waals surface area (Å²) in [6.07, 6.45) is 0. The van der Waals surface area contributed by atoms with Crippen LogP contribution < -0.4 is 4.90 Å². The number of nitrogens with zero attached hydrogens (tertiary/aromatic N) is 2. The number of hydrogen-bond acceptors (Lipinski definition) is 2. The van der Waals surface area contributed by atoms with E-state index in [2.05, 4.69) is 74.2 Å². The van der Waals surface area contributed by atoms with Crippen molar-refractivity contribution in [3.05, 3.63) is 60.3 Å². The maximum absolute atomic E-state index is 4.95. The van der Waals surface area contributed by atoms with E-state index in [1.54, 1.807) is 0 Å². The first-order chi connectivity index (χ1) is 10.8. The minimum Gasteiger partial charge on any atom is -0.370 e. The molecule has 0 fully saturated rings. The molecule has 1 aromatic heterocycles. The molecule has 112 valence electrons. The number of fused-ring (bicyclic) bond motifs is 1. The smallest absolute Gasteiger partial charge is 0.0785 e. The lowest BCUT2D eigenvalue weighted by atomic mass is 10.0. The van der Waals surface area contributed by atoms with Gasteiger partial charge in [0.2, 0.25) is 0 Å². The molecule has 3 rings (SSSR count). The van der Waals surface area contributed by atoms with Crippen molar-refractivity contribution >= 4 is 16.5 Å². The maximum atomic E-state index is 4.95. The van der Waals surface area contributed by atoms with Gasteiger partial charge in [-0.15, -0.1) is 0 Å². The minimum absolute atomic E-state index is 0.994. The van der Waals surface area contributed by atoms with Crippen molar-refractivity contribution in [1.82, 2.24) is 4.98 Å². The van der Waals surface area contributed by atoms with Crippen LogP contribution >= 0.6 is 0 Å². The summed E-state index contributed by atoms with van der Waals surface area (Å²) in [5.41, 5.74) is 4.61. The summed E-state index contributed by atoms with van der Waals surface area (Å²) in [6, 6.07) is 19.0. The van der Waals surface area contributed by atoms with E-state index in [1.165, 1.54) is 22.0 Å². The van der Waals surface area contributed by atoms with E-state index in [-0.39, 0.29) is 0 Å². The van der Waals surface area contributed by atoms with Gasteiger partial charge in [0.25, 0.3) is 0 Å². The van der Waals surface area contributed by atoms with Gasteiger partial charge in [-0.3, -0.25) is 4.98 Å². The second-order valence-electron chi connectivity index (χ2n) is 5.48. The average Bonchev–Trinajstić information content (AvgIpc) is 2.58. The highest BCUT2D eigenvalue weighted by molar-refractivity contribution is 6.02. The Morgan fingerprint density at radius 1 is 0.818 bits per heavy atom. The number of benzene rings is 2. The summed E-state index contributed by atoms with van der Waals surface area (Å²) >= 11 is 0. The predicted molar refractivity (Wildman–Crippen MR) is 95.5 cm³/mol. The molecule has 3 aromatic rings. The molecule has 0 unspecified atom stereocenters. The van der Waals surface area contributed by atoms with Gasteiger partial charge in [0, 0.05) is 29.4 Å². The molecule has 0 saturated carbocycles. The molecular weight excluding hydrogens is 268 g/mol. The van der Waals surface area contributed by atoms with Crippen LogP contribution in [-0.4, -0.2) is 18.1 Å². The highest BCUT2D eigenvalue weighted by atomic mass is 15.1. The van der Waals surface area contributed by atoms with E-state index < -0.39 is 0 Å². The number of hydrogen-bond donors (Lipinski definition) is 0. The lowest BCUT2D eigenvalue weighted by molar-refractivity contribution is 0.861. The Kier molecular flexibility index (Phi) is 4.10. The molecule has 0 spiro atoms. The quantitative estimate of drug-likeness (QED) is 0.668. The van der Waals surface area contributed by atoms with Gasteiger partial charge in [0.05, 0.1) is 17.1 Å². The second-order valence-corrected chi connectivity index (χ2v) is 5.48. The molecule has 0 radical (unpaired) electrons. The minimum atomic E-state index is 0.994. The van der Waals surface area contributed by atoms with E-state index in [9.17, 15) is 0 Å². The number of anilines is 1. The zero-order valence-electron chi connectivity index (χ0n) is 13.5. The van der Waals surface area contributed by atoms with Crippen molar-refractivity contribution in [3.8, 4) is 11.3 Å². The summed E-state index contributed by atoms with van der Waals surface area (Å²) in [5.74, 6) is 0. The van der Waals surface area contributed by atoms with Crippen molar-refractivity contribution in [2.45, 2.75) is 20.8 Å². The molecule has 0 bridgehead atoms. The standard InChI is InChI=1S/C20H22N2/c1-4-22(5-2)20-15(3)21-19(16-11-7-6-8-12-16)17-13-9-10-14-18(17)20/h6-14H,4-5H2,1-3H3. The largest absolute Gasteiger partial charge is 0.370 e. The Morgan fingerprint density at radius 3 is 2.05 bits per heavy atom. The number of pyridine rings is 1. The Balaban J connectivity index is 2.32. The van der Waals surface area contributed by atoms with Crippen molar-refractivity contribution in [2.24, 2.45) is 0 Å². The molecule has 0 amide bonds. The second kappa shape index (κ2) is 6.18. The van der Waals surface area contributed by atoms with Gasteiger partial charge < -0.3 is 4.90 Å². The average molecular weight is 290 g/mol. The number of aryl methyl sites for hydroxylation is 1. The van der Waals surface area contributed by atoms with Crippen molar-refractivity contribution in [1.29, 1.82) is 0 Å². The highest BCUT2D eigenvalue weighted by Crippen LogP contribution is 2.35. The van der Waals surface area contributed by atoms with E-state index in [0.29, 0.717) is 0 Å². The molecule has 22 heavy (non-hydrogen) atoms. The van der Waals surface area contributed by atoms with Gasteiger partial charge in [0.15, 0.2) is 0 Å². The Hall–Kier alpha value is -2.35. The monoisotopic (exact) mass is 290 g/mol. The Morgan fingerprint density at radius 2 is 1.41 bits per heavy atom. The van der Waals surface area contributed by atoms with Crippen molar-refractivity contribution in [3.63, 3.8) is 0 Å². The zero-order valence-corrected chi connectivity index (χ0v) is 13.5. The van der Waals surface area contributed by atoms with E-state index in [1.807, 2.05) is 6.07 Å². The molecule has 0 aliphatic rings. The molecule has 0 N–H and O–H groups in total. The fraction of sp³-hybridized carbons (Fsp3) is 0.250. The van der Waals surface area contributed by atoms with Gasteiger partial charge in [-0.1, -0.05) is 54.6 Å². The zero-order chi connectivity index (χ0) is 15.5. The van der Waals surface area contributed by atoms with Crippen LogP contribution in [0, 0.1) is 6.92 Å². The molecule has 2 nitrogen and oxygen atoms in total. The highest BCUT2D eigenvalue weighted by Gasteiger charge is 2.15. The fourth-order valence-corrected chi connectivity index (χ4v) is 3.13. The number of aromatic nitrogens is 1. The summed E-state index contributed by atoms with van der Waals surface area (Å²) in [7, 11) is 0. The van der Waals surface area contributed by atoms with E-state index >= 15 is 0 Å². The van der Waals surface area contributed by atoms with Crippen LogP contribution in [-0.2, 0) is 0 Å². The van der Waals surface area contributed by atoms with Gasteiger partial charge in [-0.25, -0.2) is 0 Å². The summed E-state index contributed by atoms with van der Waals surface area (Å²) < 4.78 is 0. The fourth-order valence-electron chi connectivity index (χ4n) is 3.13. The first-order valence-corrected chi connectivity index (χ1v) is 7.96. The van der Waals surface area contributed by atoms with Crippen LogP contribution in [0.5, 0.6) is 0 Å². The summed E-state index contributed by atoms with van der Waals surface area (Å²) in [4.78, 5) is 7.33. The van der Waals surface area contributed by atoms with Crippen molar-refractivity contribution < 1.29 is 0 Å². The lowest BCUT2D eigenvalue weighted by Gasteiger charge is -2.25. The topological polar surface area (TPSA) is 16.1 Å². The van der Waals surface area contributed by atoms with Gasteiger partial charge >= 0.3 is 0 Å². The van der Waals surface area contributed by atoms with Crippen molar-refractivity contribution in [2.75, 3.05) is 18.0 Å². The number of rotatable bonds is 4. The van der Waals surface area contributed by atoms with Crippen LogP contribution in [0.25, 0.3) is 22.0 Å². The molecule has 2 heteroatoms. The predicted octanol–water partition coefficient (Wildman–Crippen LogP) is 5.06. The first kappa shape index (κ1) is 14.6. The van der Waals surface area contributed by atoms with Gasteiger partial charge in [-0.05, 0) is 20.8 Å². The third-order valence-electron chi connectivity index (χ3n) is 4.19. The molecule has 0 atom stereocenters. The van der Waals surface area contributed by atoms with Gasteiger partial charge in [-0.2, -0.15) is 0 Å². The SMILES string of the molecule is CCN(CC)c1c(C)nc(-c2ccccc2)c2ccccc12. The van der Waals surface area contributed by atoms with Crippen LogP contribution in [0.4, 0.5) is 5.69 Å². The Bertz CT molecular complexity index is 774. The van der Waals surface area contributed by atoms with Gasteiger partial charge in [0.1, 0.15) is 0 Å².